The third kappa shape index (κ3) is 5.81. The fourth-order valence-electron chi connectivity index (χ4n) is 1.06. The van der Waals surface area contributed by atoms with Crippen LogP contribution in [0.3, 0.4) is 0 Å². The van der Waals surface area contributed by atoms with Gasteiger partial charge in [-0.25, -0.2) is 0 Å². The van der Waals surface area contributed by atoms with Gasteiger partial charge in [-0.05, 0) is 17.7 Å². The van der Waals surface area contributed by atoms with E-state index in [1.165, 1.54) is 7.11 Å². The minimum absolute atomic E-state index is 0. The van der Waals surface area contributed by atoms with Crippen LogP contribution in [0.15, 0.2) is 24.5 Å². The molecule has 0 radical (unpaired) electrons. The van der Waals surface area contributed by atoms with Gasteiger partial charge in [0, 0.05) is 12.4 Å². The Labute approximate surface area is 117 Å². The average molecular weight is 296 g/mol. The van der Waals surface area contributed by atoms with Crippen LogP contribution in [0.2, 0.25) is 0 Å². The molecule has 102 valence electrons. The van der Waals surface area contributed by atoms with Crippen molar-refractivity contribution in [2.75, 3.05) is 13.7 Å². The summed E-state index contributed by atoms with van der Waals surface area (Å²) in [7, 11) is 1.25. The molecule has 8 heteroatoms. The summed E-state index contributed by atoms with van der Waals surface area (Å²) in [5.74, 6) is -0.952. The number of nitrogens with one attached hydrogen (secondary N) is 1. The number of hydrogen-bond donors (Lipinski definition) is 2. The van der Waals surface area contributed by atoms with Crippen molar-refractivity contribution in [2.24, 2.45) is 5.73 Å². The molecule has 0 bridgehead atoms. The zero-order chi connectivity index (χ0) is 12.0. The lowest BCUT2D eigenvalue weighted by Crippen LogP contribution is -2.37. The van der Waals surface area contributed by atoms with E-state index in [1.807, 2.05) is 0 Å². The van der Waals surface area contributed by atoms with Crippen molar-refractivity contribution in [3.8, 4) is 0 Å². The molecule has 1 aromatic rings. The molecule has 1 atom stereocenters. The lowest BCUT2D eigenvalue weighted by Gasteiger charge is -2.11. The fraction of sp³-hybridized carbons (Fsp3) is 0.300. The number of carbonyl (C=O) groups excluding carboxylic acids is 2. The first-order valence-electron chi connectivity index (χ1n) is 4.65. The Balaban J connectivity index is 0. The average Bonchev–Trinajstić information content (AvgIpc) is 2.35. The van der Waals surface area contributed by atoms with Crippen LogP contribution in [0.1, 0.15) is 11.6 Å². The predicted molar refractivity (Wildman–Crippen MR) is 70.7 cm³/mol. The molecular formula is C10H15Cl2N3O3. The second-order valence-electron chi connectivity index (χ2n) is 3.05. The van der Waals surface area contributed by atoms with E-state index in [9.17, 15) is 9.59 Å². The van der Waals surface area contributed by atoms with Crippen molar-refractivity contribution >= 4 is 36.7 Å². The van der Waals surface area contributed by atoms with Crippen LogP contribution in [0.25, 0.3) is 0 Å². The van der Waals surface area contributed by atoms with E-state index in [0.29, 0.717) is 5.56 Å². The van der Waals surface area contributed by atoms with Crippen molar-refractivity contribution in [3.05, 3.63) is 30.1 Å². The Morgan fingerprint density at radius 2 is 1.94 bits per heavy atom. The Morgan fingerprint density at radius 3 is 2.44 bits per heavy atom. The summed E-state index contributed by atoms with van der Waals surface area (Å²) in [5, 5.41) is 2.37. The first-order valence-corrected chi connectivity index (χ1v) is 4.65. The van der Waals surface area contributed by atoms with Gasteiger partial charge >= 0.3 is 5.97 Å². The number of nitrogens with zero attached hydrogens (tertiary/aromatic N) is 1. The van der Waals surface area contributed by atoms with Gasteiger partial charge in [-0.2, -0.15) is 0 Å². The summed E-state index contributed by atoms with van der Waals surface area (Å²) < 4.78 is 4.38. The normalized spacial score (nSPS) is 10.3. The fourth-order valence-corrected chi connectivity index (χ4v) is 1.06. The molecule has 0 aliphatic carbocycles. The summed E-state index contributed by atoms with van der Waals surface area (Å²) in [6, 6.07) is 2.47. The lowest BCUT2D eigenvalue weighted by atomic mass is 10.1. The smallest absolute Gasteiger partial charge is 0.325 e. The quantitative estimate of drug-likeness (QED) is 0.775. The van der Waals surface area contributed by atoms with Crippen LogP contribution >= 0.6 is 24.8 Å². The maximum Gasteiger partial charge on any atom is 0.325 e. The van der Waals surface area contributed by atoms with Crippen molar-refractivity contribution in [3.63, 3.8) is 0 Å². The highest BCUT2D eigenvalue weighted by Crippen LogP contribution is 2.07. The first-order chi connectivity index (χ1) is 7.65. The highest BCUT2D eigenvalue weighted by molar-refractivity contribution is 5.86. The number of nitrogens with two attached hydrogens (primary N) is 1. The van der Waals surface area contributed by atoms with E-state index in [-0.39, 0.29) is 31.4 Å². The number of amides is 1. The van der Waals surface area contributed by atoms with Crippen molar-refractivity contribution in [2.45, 2.75) is 6.04 Å². The Hall–Kier alpha value is -1.37. The highest BCUT2D eigenvalue weighted by Gasteiger charge is 2.16. The molecule has 0 aliphatic heterocycles. The third-order valence-corrected chi connectivity index (χ3v) is 1.98. The number of pyridine rings is 1. The molecule has 1 unspecified atom stereocenters. The van der Waals surface area contributed by atoms with Crippen LogP contribution in [-0.2, 0) is 14.3 Å². The van der Waals surface area contributed by atoms with Gasteiger partial charge in [0.05, 0.1) is 7.11 Å². The van der Waals surface area contributed by atoms with Crippen LogP contribution in [-0.4, -0.2) is 30.5 Å². The van der Waals surface area contributed by atoms with E-state index in [2.05, 4.69) is 15.0 Å². The maximum atomic E-state index is 11.5. The van der Waals surface area contributed by atoms with Gasteiger partial charge < -0.3 is 15.8 Å². The molecule has 0 saturated heterocycles. The molecule has 0 aliphatic rings. The molecule has 0 aromatic carbocycles. The van der Waals surface area contributed by atoms with Gasteiger partial charge in [0.25, 0.3) is 0 Å². The summed E-state index contributed by atoms with van der Waals surface area (Å²) in [5.41, 5.74) is 6.31. The minimum Gasteiger partial charge on any atom is -0.468 e. The number of halogens is 2. The summed E-state index contributed by atoms with van der Waals surface area (Å²) >= 11 is 0. The molecule has 3 N–H and O–H groups in total. The molecule has 0 saturated carbocycles. The molecule has 1 heterocycles. The second kappa shape index (κ2) is 9.64. The molecule has 1 rings (SSSR count). The van der Waals surface area contributed by atoms with Gasteiger partial charge in [-0.15, -0.1) is 24.8 Å². The van der Waals surface area contributed by atoms with Gasteiger partial charge in [0.1, 0.15) is 12.6 Å². The highest BCUT2D eigenvalue weighted by atomic mass is 35.5. The molecule has 0 spiro atoms. The van der Waals surface area contributed by atoms with Crippen molar-refractivity contribution in [1.29, 1.82) is 0 Å². The maximum absolute atomic E-state index is 11.5. The Kier molecular flexibility index (Phi) is 10.2. The molecule has 1 amide bonds. The van der Waals surface area contributed by atoms with E-state index >= 15 is 0 Å². The van der Waals surface area contributed by atoms with E-state index in [0.717, 1.165) is 0 Å². The number of rotatable bonds is 4. The van der Waals surface area contributed by atoms with E-state index in [1.54, 1.807) is 24.5 Å². The molecule has 0 fully saturated rings. The van der Waals surface area contributed by atoms with Crippen LogP contribution in [0.5, 0.6) is 0 Å². The summed E-state index contributed by atoms with van der Waals surface area (Å²) in [4.78, 5) is 26.1. The van der Waals surface area contributed by atoms with Gasteiger partial charge in [0.15, 0.2) is 0 Å². The van der Waals surface area contributed by atoms with Gasteiger partial charge in [0.2, 0.25) is 5.91 Å². The number of ether oxygens (including phenoxy) is 1. The number of methoxy groups -OCH3 is 1. The molecule has 18 heavy (non-hydrogen) atoms. The summed E-state index contributed by atoms with van der Waals surface area (Å²) in [6.45, 7) is -0.186. The van der Waals surface area contributed by atoms with E-state index < -0.39 is 17.9 Å². The number of hydrogen-bond acceptors (Lipinski definition) is 5. The third-order valence-electron chi connectivity index (χ3n) is 1.98. The SMILES string of the molecule is COC(=O)CNC(=O)C(N)c1ccncc1.Cl.Cl. The number of aromatic nitrogens is 1. The van der Waals surface area contributed by atoms with Crippen LogP contribution < -0.4 is 11.1 Å². The lowest BCUT2D eigenvalue weighted by molar-refractivity contribution is -0.141. The summed E-state index contributed by atoms with van der Waals surface area (Å²) in [6.07, 6.45) is 3.09. The molecule has 6 nitrogen and oxygen atoms in total. The zero-order valence-electron chi connectivity index (χ0n) is 9.66. The van der Waals surface area contributed by atoms with Crippen LogP contribution in [0, 0.1) is 0 Å². The zero-order valence-corrected chi connectivity index (χ0v) is 11.3. The standard InChI is InChI=1S/C10H13N3O3.2ClH/c1-16-8(14)6-13-10(15)9(11)7-2-4-12-5-3-7;;/h2-5,9H,6,11H2,1H3,(H,13,15);2*1H. The largest absolute Gasteiger partial charge is 0.468 e. The second-order valence-corrected chi connectivity index (χ2v) is 3.05. The molecule has 1 aromatic heterocycles. The van der Waals surface area contributed by atoms with Crippen molar-refractivity contribution < 1.29 is 14.3 Å². The predicted octanol–water partition coefficient (Wildman–Crippen LogP) is 0.214. The number of esters is 1. The van der Waals surface area contributed by atoms with Gasteiger partial charge in [-0.3, -0.25) is 14.6 Å². The Bertz CT molecular complexity index is 376. The Morgan fingerprint density at radius 1 is 1.39 bits per heavy atom. The number of carbonyl (C=O) groups is 2. The topological polar surface area (TPSA) is 94.3 Å². The molecular weight excluding hydrogens is 281 g/mol. The first kappa shape index (κ1) is 19.0. The van der Waals surface area contributed by atoms with E-state index in [4.69, 9.17) is 5.73 Å². The minimum atomic E-state index is -0.812. The monoisotopic (exact) mass is 295 g/mol. The van der Waals surface area contributed by atoms with Gasteiger partial charge in [-0.1, -0.05) is 0 Å². The van der Waals surface area contributed by atoms with Crippen molar-refractivity contribution in [1.82, 2.24) is 10.3 Å². The van der Waals surface area contributed by atoms with Crippen LogP contribution in [0.4, 0.5) is 0 Å².